The van der Waals surface area contributed by atoms with Crippen molar-refractivity contribution in [3.63, 3.8) is 0 Å². The van der Waals surface area contributed by atoms with Gasteiger partial charge in [-0.05, 0) is 24.6 Å². The molecule has 0 atom stereocenters. The largest absolute Gasteiger partial charge is 0.380 e. The number of hydroxylamine groups is 2. The van der Waals surface area contributed by atoms with E-state index in [2.05, 4.69) is 5.10 Å². The summed E-state index contributed by atoms with van der Waals surface area (Å²) in [5.74, 6) is -0.614. The molecule has 0 spiro atoms. The Labute approximate surface area is 134 Å². The maximum atomic E-state index is 12.4. The minimum atomic E-state index is -0.614. The number of hydrogen-bond donors (Lipinski definition) is 0. The Morgan fingerprint density at radius 1 is 1.35 bits per heavy atom. The number of aromatic nitrogens is 2. The van der Waals surface area contributed by atoms with Gasteiger partial charge in [0.2, 0.25) is 5.43 Å². The minimum absolute atomic E-state index is 0.0874. The van der Waals surface area contributed by atoms with Gasteiger partial charge in [-0.3, -0.25) is 14.4 Å². The normalized spacial score (nSPS) is 10.6. The number of carbonyl (C=O) groups excluding carboxylic acids is 1. The quantitative estimate of drug-likeness (QED) is 0.778. The first kappa shape index (κ1) is 16.9. The molecule has 0 N–H and O–H groups in total. The summed E-state index contributed by atoms with van der Waals surface area (Å²) in [6.07, 6.45) is 1.57. The number of rotatable bonds is 5. The molecular formula is C16H19N3O4. The van der Waals surface area contributed by atoms with Crippen LogP contribution in [0.2, 0.25) is 0 Å². The van der Waals surface area contributed by atoms with Crippen molar-refractivity contribution in [1.82, 2.24) is 14.8 Å². The highest BCUT2D eigenvalue weighted by Crippen LogP contribution is 2.10. The maximum absolute atomic E-state index is 12.4. The van der Waals surface area contributed by atoms with Crippen molar-refractivity contribution in [1.29, 1.82) is 0 Å². The van der Waals surface area contributed by atoms with Crippen LogP contribution in [0, 0.1) is 6.92 Å². The molecule has 2 rings (SSSR count). The van der Waals surface area contributed by atoms with E-state index in [1.54, 1.807) is 6.20 Å². The van der Waals surface area contributed by atoms with Crippen molar-refractivity contribution < 1.29 is 14.4 Å². The van der Waals surface area contributed by atoms with Crippen molar-refractivity contribution in [3.8, 4) is 5.69 Å². The SMILES string of the molecule is COCc1cn(-c2cccc(C)c2)nc(C(=O)N(C)OC)c1=O. The van der Waals surface area contributed by atoms with Crippen molar-refractivity contribution >= 4 is 5.91 Å². The number of ether oxygens (including phenoxy) is 1. The summed E-state index contributed by atoms with van der Waals surface area (Å²) in [4.78, 5) is 29.6. The number of amides is 1. The second-order valence-electron chi connectivity index (χ2n) is 5.03. The Morgan fingerprint density at radius 3 is 2.70 bits per heavy atom. The Kier molecular flexibility index (Phi) is 5.25. The standard InChI is InChI=1S/C16H19N3O4/c1-11-6-5-7-13(8-11)19-9-12(10-22-3)15(20)14(17-19)16(21)18(2)23-4/h5-9H,10H2,1-4H3. The number of nitrogens with zero attached hydrogens (tertiary/aromatic N) is 3. The lowest BCUT2D eigenvalue weighted by Crippen LogP contribution is -2.34. The summed E-state index contributed by atoms with van der Waals surface area (Å²) in [5, 5.41) is 5.13. The van der Waals surface area contributed by atoms with Gasteiger partial charge in [-0.15, -0.1) is 0 Å². The number of methoxy groups -OCH3 is 1. The molecule has 0 aliphatic heterocycles. The Balaban J connectivity index is 2.62. The van der Waals surface area contributed by atoms with E-state index in [0.29, 0.717) is 5.56 Å². The zero-order valence-electron chi connectivity index (χ0n) is 13.6. The molecule has 1 aromatic carbocycles. The number of aryl methyl sites for hydroxylation is 1. The van der Waals surface area contributed by atoms with E-state index in [0.717, 1.165) is 16.3 Å². The second kappa shape index (κ2) is 7.17. The van der Waals surface area contributed by atoms with Gasteiger partial charge in [-0.1, -0.05) is 12.1 Å². The lowest BCUT2D eigenvalue weighted by Gasteiger charge is -2.15. The van der Waals surface area contributed by atoms with Gasteiger partial charge < -0.3 is 4.74 Å². The van der Waals surface area contributed by atoms with Crippen LogP contribution in [0.4, 0.5) is 0 Å². The van der Waals surface area contributed by atoms with E-state index in [1.165, 1.54) is 25.9 Å². The summed E-state index contributed by atoms with van der Waals surface area (Å²) in [7, 11) is 4.25. The Bertz CT molecular complexity index is 770. The van der Waals surface area contributed by atoms with Crippen LogP contribution in [0.15, 0.2) is 35.3 Å². The summed E-state index contributed by atoms with van der Waals surface area (Å²) in [6.45, 7) is 2.04. The molecule has 0 unspecified atom stereocenters. The van der Waals surface area contributed by atoms with Gasteiger partial charge >= 0.3 is 5.91 Å². The average molecular weight is 317 g/mol. The Morgan fingerprint density at radius 2 is 2.09 bits per heavy atom. The molecule has 0 radical (unpaired) electrons. The summed E-state index contributed by atoms with van der Waals surface area (Å²) in [5.41, 5.74) is 1.45. The van der Waals surface area contributed by atoms with E-state index in [9.17, 15) is 9.59 Å². The smallest absolute Gasteiger partial charge is 0.301 e. The highest BCUT2D eigenvalue weighted by atomic mass is 16.7. The first-order valence-corrected chi connectivity index (χ1v) is 6.99. The molecule has 7 nitrogen and oxygen atoms in total. The van der Waals surface area contributed by atoms with Crippen LogP contribution in [-0.2, 0) is 16.2 Å². The van der Waals surface area contributed by atoms with Gasteiger partial charge in [0.15, 0.2) is 5.69 Å². The van der Waals surface area contributed by atoms with Gasteiger partial charge in [-0.25, -0.2) is 9.75 Å². The van der Waals surface area contributed by atoms with Gasteiger partial charge in [0.25, 0.3) is 0 Å². The van der Waals surface area contributed by atoms with E-state index >= 15 is 0 Å². The van der Waals surface area contributed by atoms with Crippen LogP contribution < -0.4 is 5.43 Å². The highest BCUT2D eigenvalue weighted by molar-refractivity contribution is 5.91. The average Bonchev–Trinajstić information content (AvgIpc) is 2.55. The van der Waals surface area contributed by atoms with Crippen LogP contribution >= 0.6 is 0 Å². The first-order valence-electron chi connectivity index (χ1n) is 6.99. The lowest BCUT2D eigenvalue weighted by molar-refractivity contribution is -0.0762. The van der Waals surface area contributed by atoms with E-state index < -0.39 is 11.3 Å². The van der Waals surface area contributed by atoms with Crippen LogP contribution in [0.1, 0.15) is 21.6 Å². The van der Waals surface area contributed by atoms with Crippen LogP contribution in [0.25, 0.3) is 5.69 Å². The summed E-state index contributed by atoms with van der Waals surface area (Å²) >= 11 is 0. The van der Waals surface area contributed by atoms with Gasteiger partial charge in [-0.2, -0.15) is 5.10 Å². The predicted octanol–water partition coefficient (Wildman–Crippen LogP) is 1.32. The zero-order chi connectivity index (χ0) is 17.0. The maximum Gasteiger partial charge on any atom is 0.301 e. The highest BCUT2D eigenvalue weighted by Gasteiger charge is 2.21. The second-order valence-corrected chi connectivity index (χ2v) is 5.03. The predicted molar refractivity (Wildman–Crippen MR) is 84.4 cm³/mol. The van der Waals surface area contributed by atoms with Crippen LogP contribution in [0.3, 0.4) is 0 Å². The number of benzene rings is 1. The summed E-state index contributed by atoms with van der Waals surface area (Å²) in [6, 6.07) is 7.58. The van der Waals surface area contributed by atoms with Crippen LogP contribution in [-0.4, -0.2) is 42.0 Å². The monoisotopic (exact) mass is 317 g/mol. The molecule has 0 aliphatic rings. The lowest BCUT2D eigenvalue weighted by atomic mass is 10.2. The molecule has 0 saturated carbocycles. The van der Waals surface area contributed by atoms with Crippen LogP contribution in [0.5, 0.6) is 0 Å². The molecule has 1 aromatic heterocycles. The van der Waals surface area contributed by atoms with Gasteiger partial charge in [0.05, 0.1) is 19.4 Å². The molecule has 0 aliphatic carbocycles. The zero-order valence-corrected chi connectivity index (χ0v) is 13.6. The van der Waals surface area contributed by atoms with Crippen molar-refractivity contribution in [3.05, 3.63) is 57.5 Å². The minimum Gasteiger partial charge on any atom is -0.380 e. The molecule has 7 heteroatoms. The molecule has 1 heterocycles. The third-order valence-corrected chi connectivity index (χ3v) is 3.32. The molecule has 1 amide bonds. The van der Waals surface area contributed by atoms with E-state index in [-0.39, 0.29) is 12.3 Å². The number of hydrogen-bond acceptors (Lipinski definition) is 5. The van der Waals surface area contributed by atoms with Crippen molar-refractivity contribution in [2.45, 2.75) is 13.5 Å². The molecular weight excluding hydrogens is 298 g/mol. The fraction of sp³-hybridized carbons (Fsp3) is 0.312. The van der Waals surface area contributed by atoms with Gasteiger partial charge in [0, 0.05) is 25.9 Å². The van der Waals surface area contributed by atoms with Crippen molar-refractivity contribution in [2.75, 3.05) is 21.3 Å². The molecule has 122 valence electrons. The Hall–Kier alpha value is -2.51. The van der Waals surface area contributed by atoms with E-state index in [1.807, 2.05) is 31.2 Å². The molecule has 0 fully saturated rings. The third kappa shape index (κ3) is 3.64. The van der Waals surface area contributed by atoms with Crippen molar-refractivity contribution in [2.24, 2.45) is 0 Å². The molecule has 23 heavy (non-hydrogen) atoms. The summed E-state index contributed by atoms with van der Waals surface area (Å²) < 4.78 is 6.55. The molecule has 0 bridgehead atoms. The fourth-order valence-corrected chi connectivity index (χ4v) is 2.07. The first-order chi connectivity index (χ1) is 11.0. The number of carbonyl (C=O) groups is 1. The molecule has 0 saturated heterocycles. The topological polar surface area (TPSA) is 73.7 Å². The third-order valence-electron chi connectivity index (χ3n) is 3.32. The van der Waals surface area contributed by atoms with E-state index in [4.69, 9.17) is 9.57 Å². The fourth-order valence-electron chi connectivity index (χ4n) is 2.07. The van der Waals surface area contributed by atoms with Gasteiger partial charge in [0.1, 0.15) is 0 Å². The molecule has 2 aromatic rings.